The summed E-state index contributed by atoms with van der Waals surface area (Å²) in [5, 5.41) is 1.71. The van der Waals surface area contributed by atoms with Gasteiger partial charge < -0.3 is 9.15 Å². The molecule has 18 heavy (non-hydrogen) atoms. The number of furan rings is 1. The molecule has 0 aliphatic heterocycles. The molecule has 1 aromatic heterocycles. The Kier molecular flexibility index (Phi) is 2.73. The van der Waals surface area contributed by atoms with E-state index >= 15 is 0 Å². The van der Waals surface area contributed by atoms with Crippen molar-refractivity contribution in [3.05, 3.63) is 53.6 Å². The molecule has 1 heterocycles. The zero-order valence-corrected chi connectivity index (χ0v) is 10.6. The maximum atomic E-state index is 5.96. The van der Waals surface area contributed by atoms with Gasteiger partial charge in [-0.05, 0) is 36.4 Å². The van der Waals surface area contributed by atoms with Gasteiger partial charge in [-0.1, -0.05) is 23.7 Å². The Bertz CT molecular complexity index is 701. The van der Waals surface area contributed by atoms with Crippen LogP contribution in [0.4, 0.5) is 0 Å². The predicted octanol–water partition coefficient (Wildman–Crippen LogP) is 4.76. The number of methoxy groups -OCH3 is 1. The van der Waals surface area contributed by atoms with Gasteiger partial charge in [0, 0.05) is 16.0 Å². The zero-order valence-electron chi connectivity index (χ0n) is 9.81. The van der Waals surface area contributed by atoms with Gasteiger partial charge in [0.15, 0.2) is 0 Å². The Hall–Kier alpha value is -1.93. The van der Waals surface area contributed by atoms with E-state index < -0.39 is 0 Å². The second-order valence-corrected chi connectivity index (χ2v) is 4.46. The van der Waals surface area contributed by atoms with Crippen molar-refractivity contribution in [2.75, 3.05) is 7.11 Å². The fraction of sp³-hybridized carbons (Fsp3) is 0.0667. The normalized spacial score (nSPS) is 10.8. The Morgan fingerprint density at radius 1 is 1.06 bits per heavy atom. The van der Waals surface area contributed by atoms with E-state index in [1.165, 1.54) is 0 Å². The van der Waals surface area contributed by atoms with E-state index in [0.717, 1.165) is 28.0 Å². The molecular formula is C15H11ClO2. The largest absolute Gasteiger partial charge is 0.497 e. The van der Waals surface area contributed by atoms with E-state index in [1.54, 1.807) is 7.11 Å². The Labute approximate surface area is 110 Å². The number of halogens is 1. The molecule has 0 aliphatic carbocycles. The van der Waals surface area contributed by atoms with Gasteiger partial charge in [-0.2, -0.15) is 0 Å². The number of rotatable bonds is 2. The third-order valence-electron chi connectivity index (χ3n) is 2.83. The fourth-order valence-corrected chi connectivity index (χ4v) is 2.11. The SMILES string of the molecule is COc1cccc(-c2cc3cc(Cl)ccc3o2)c1. The van der Waals surface area contributed by atoms with Crippen molar-refractivity contribution in [2.24, 2.45) is 0 Å². The van der Waals surface area contributed by atoms with Gasteiger partial charge >= 0.3 is 0 Å². The fourth-order valence-electron chi connectivity index (χ4n) is 1.93. The first-order valence-corrected chi connectivity index (χ1v) is 5.97. The molecule has 0 N–H and O–H groups in total. The summed E-state index contributed by atoms with van der Waals surface area (Å²) in [5.41, 5.74) is 1.82. The van der Waals surface area contributed by atoms with Crippen LogP contribution in [0.3, 0.4) is 0 Å². The highest BCUT2D eigenvalue weighted by Gasteiger charge is 2.07. The lowest BCUT2D eigenvalue weighted by molar-refractivity contribution is 0.415. The number of ether oxygens (including phenoxy) is 1. The molecule has 0 bridgehead atoms. The standard InChI is InChI=1S/C15H11ClO2/c1-17-13-4-2-3-10(8-13)15-9-11-7-12(16)5-6-14(11)18-15/h2-9H,1H3. The average molecular weight is 259 g/mol. The quantitative estimate of drug-likeness (QED) is 0.661. The molecule has 0 amide bonds. The van der Waals surface area contributed by atoms with Crippen molar-refractivity contribution >= 4 is 22.6 Å². The van der Waals surface area contributed by atoms with Crippen LogP contribution in [-0.2, 0) is 0 Å². The first-order valence-electron chi connectivity index (χ1n) is 5.60. The van der Waals surface area contributed by atoms with Gasteiger partial charge in [-0.3, -0.25) is 0 Å². The van der Waals surface area contributed by atoms with Crippen LogP contribution in [0.25, 0.3) is 22.3 Å². The van der Waals surface area contributed by atoms with E-state index in [0.29, 0.717) is 5.02 Å². The van der Waals surface area contributed by atoms with Gasteiger partial charge in [0.2, 0.25) is 0 Å². The van der Waals surface area contributed by atoms with Crippen molar-refractivity contribution in [3.8, 4) is 17.1 Å². The summed E-state index contributed by atoms with van der Waals surface area (Å²) >= 11 is 5.96. The van der Waals surface area contributed by atoms with Crippen molar-refractivity contribution in [2.45, 2.75) is 0 Å². The molecule has 0 aliphatic rings. The monoisotopic (exact) mass is 258 g/mol. The number of fused-ring (bicyclic) bond motifs is 1. The molecule has 0 spiro atoms. The van der Waals surface area contributed by atoms with Crippen molar-refractivity contribution < 1.29 is 9.15 Å². The van der Waals surface area contributed by atoms with E-state index in [-0.39, 0.29) is 0 Å². The molecule has 3 aromatic rings. The molecule has 0 saturated heterocycles. The Morgan fingerprint density at radius 3 is 2.78 bits per heavy atom. The van der Waals surface area contributed by atoms with Crippen LogP contribution in [0.15, 0.2) is 52.9 Å². The molecule has 2 nitrogen and oxygen atoms in total. The second kappa shape index (κ2) is 4.39. The molecule has 2 aromatic carbocycles. The third kappa shape index (κ3) is 1.95. The van der Waals surface area contributed by atoms with Gasteiger partial charge in [0.25, 0.3) is 0 Å². The van der Waals surface area contributed by atoms with Gasteiger partial charge in [-0.15, -0.1) is 0 Å². The Morgan fingerprint density at radius 2 is 1.94 bits per heavy atom. The van der Waals surface area contributed by atoms with Crippen molar-refractivity contribution in [1.29, 1.82) is 0 Å². The molecule has 0 saturated carbocycles. The van der Waals surface area contributed by atoms with Crippen LogP contribution in [0, 0.1) is 0 Å². The van der Waals surface area contributed by atoms with Gasteiger partial charge in [-0.25, -0.2) is 0 Å². The third-order valence-corrected chi connectivity index (χ3v) is 3.07. The summed E-state index contributed by atoms with van der Waals surface area (Å²) in [4.78, 5) is 0. The maximum absolute atomic E-state index is 5.96. The minimum absolute atomic E-state index is 0.709. The minimum Gasteiger partial charge on any atom is -0.497 e. The molecular weight excluding hydrogens is 248 g/mol. The van der Waals surface area contributed by atoms with Gasteiger partial charge in [0.05, 0.1) is 7.11 Å². The first kappa shape index (κ1) is 11.2. The lowest BCUT2D eigenvalue weighted by Gasteiger charge is -2.01. The molecule has 0 fully saturated rings. The lowest BCUT2D eigenvalue weighted by atomic mass is 10.1. The summed E-state index contributed by atoms with van der Waals surface area (Å²) in [5.74, 6) is 1.62. The summed E-state index contributed by atoms with van der Waals surface area (Å²) in [6, 6.07) is 15.3. The number of hydrogen-bond donors (Lipinski definition) is 0. The molecule has 3 rings (SSSR count). The van der Waals surface area contributed by atoms with E-state index in [1.807, 2.05) is 48.5 Å². The predicted molar refractivity (Wildman–Crippen MR) is 73.2 cm³/mol. The van der Waals surface area contributed by atoms with E-state index in [9.17, 15) is 0 Å². The zero-order chi connectivity index (χ0) is 12.5. The summed E-state index contributed by atoms with van der Waals surface area (Å²) < 4.78 is 11.0. The van der Waals surface area contributed by atoms with Crippen LogP contribution in [-0.4, -0.2) is 7.11 Å². The first-order chi connectivity index (χ1) is 8.76. The highest BCUT2D eigenvalue weighted by molar-refractivity contribution is 6.31. The minimum atomic E-state index is 0.709. The van der Waals surface area contributed by atoms with Crippen LogP contribution in [0.1, 0.15) is 0 Å². The van der Waals surface area contributed by atoms with Crippen LogP contribution in [0.5, 0.6) is 5.75 Å². The highest BCUT2D eigenvalue weighted by atomic mass is 35.5. The number of hydrogen-bond acceptors (Lipinski definition) is 2. The van der Waals surface area contributed by atoms with E-state index in [2.05, 4.69) is 0 Å². The molecule has 0 atom stereocenters. The topological polar surface area (TPSA) is 22.4 Å². The summed E-state index contributed by atoms with van der Waals surface area (Å²) in [7, 11) is 1.65. The van der Waals surface area contributed by atoms with Crippen molar-refractivity contribution in [1.82, 2.24) is 0 Å². The van der Waals surface area contributed by atoms with E-state index in [4.69, 9.17) is 20.8 Å². The molecule has 3 heteroatoms. The second-order valence-electron chi connectivity index (χ2n) is 4.02. The van der Waals surface area contributed by atoms with Crippen molar-refractivity contribution in [3.63, 3.8) is 0 Å². The average Bonchev–Trinajstić information content (AvgIpc) is 2.81. The molecule has 90 valence electrons. The van der Waals surface area contributed by atoms with Crippen LogP contribution in [0.2, 0.25) is 5.02 Å². The maximum Gasteiger partial charge on any atom is 0.135 e. The summed E-state index contributed by atoms with van der Waals surface area (Å²) in [6.45, 7) is 0. The van der Waals surface area contributed by atoms with Crippen LogP contribution >= 0.6 is 11.6 Å². The Balaban J connectivity index is 2.13. The molecule has 0 unspecified atom stereocenters. The lowest BCUT2D eigenvalue weighted by Crippen LogP contribution is -1.82. The highest BCUT2D eigenvalue weighted by Crippen LogP contribution is 2.30. The van der Waals surface area contributed by atoms with Crippen LogP contribution < -0.4 is 4.74 Å². The smallest absolute Gasteiger partial charge is 0.135 e. The number of benzene rings is 2. The molecule has 0 radical (unpaired) electrons. The van der Waals surface area contributed by atoms with Gasteiger partial charge in [0.1, 0.15) is 17.1 Å². The summed E-state index contributed by atoms with van der Waals surface area (Å²) in [6.07, 6.45) is 0.